The van der Waals surface area contributed by atoms with Crippen LogP contribution < -0.4 is 5.32 Å². The summed E-state index contributed by atoms with van der Waals surface area (Å²) in [5.74, 6) is 0. The van der Waals surface area contributed by atoms with E-state index in [-0.39, 0.29) is 0 Å². The molecule has 0 aliphatic heterocycles. The lowest BCUT2D eigenvalue weighted by Crippen LogP contribution is -2.22. The standard InChI is InChI=1S/C10H18N2O4.C3H6/c1-2-12(10-14)4-6-16-8-7-15-5-3-11-9-13;1-3-2/h2,9-10H,1,3-8H2,(H,11,13);3H,1H2,2H3. The average Bonchev–Trinajstić information content (AvgIpc) is 2.42. The monoisotopic (exact) mass is 272 g/mol. The van der Waals surface area contributed by atoms with E-state index >= 15 is 0 Å². The van der Waals surface area contributed by atoms with Gasteiger partial charge < -0.3 is 19.7 Å². The first-order valence-corrected chi connectivity index (χ1v) is 5.99. The Bertz CT molecular complexity index is 227. The van der Waals surface area contributed by atoms with Crippen molar-refractivity contribution in [2.24, 2.45) is 0 Å². The van der Waals surface area contributed by atoms with Crippen LogP contribution in [0.25, 0.3) is 0 Å². The molecule has 2 amide bonds. The molecular weight excluding hydrogens is 248 g/mol. The Balaban J connectivity index is 0. The number of hydrogen-bond acceptors (Lipinski definition) is 4. The molecule has 0 aromatic heterocycles. The Morgan fingerprint density at radius 3 is 2.16 bits per heavy atom. The zero-order valence-corrected chi connectivity index (χ0v) is 11.5. The van der Waals surface area contributed by atoms with Gasteiger partial charge in [-0.3, -0.25) is 9.59 Å². The van der Waals surface area contributed by atoms with Gasteiger partial charge in [-0.2, -0.15) is 0 Å². The van der Waals surface area contributed by atoms with Gasteiger partial charge in [-0.15, -0.1) is 6.58 Å². The van der Waals surface area contributed by atoms with Crippen molar-refractivity contribution >= 4 is 12.8 Å². The van der Waals surface area contributed by atoms with Crippen molar-refractivity contribution in [2.45, 2.75) is 6.92 Å². The van der Waals surface area contributed by atoms with Crippen LogP contribution in [0.15, 0.2) is 25.4 Å². The highest BCUT2D eigenvalue weighted by Crippen LogP contribution is 1.84. The van der Waals surface area contributed by atoms with Gasteiger partial charge in [-0.25, -0.2) is 0 Å². The van der Waals surface area contributed by atoms with E-state index in [0.29, 0.717) is 52.3 Å². The molecule has 0 rings (SSSR count). The third kappa shape index (κ3) is 18.9. The molecule has 0 unspecified atom stereocenters. The van der Waals surface area contributed by atoms with Crippen LogP contribution in [0.2, 0.25) is 0 Å². The van der Waals surface area contributed by atoms with Gasteiger partial charge in [0.1, 0.15) is 0 Å². The van der Waals surface area contributed by atoms with Crippen molar-refractivity contribution in [3.8, 4) is 0 Å². The third-order valence-corrected chi connectivity index (χ3v) is 1.71. The van der Waals surface area contributed by atoms with Crippen molar-refractivity contribution in [3.63, 3.8) is 0 Å². The van der Waals surface area contributed by atoms with Crippen LogP contribution in [0, 0.1) is 0 Å². The SMILES string of the molecule is C=CC.C=CN(C=O)CCOCCOCCNC=O. The highest BCUT2D eigenvalue weighted by molar-refractivity contribution is 5.48. The summed E-state index contributed by atoms with van der Waals surface area (Å²) in [6.07, 6.45) is 4.51. The fourth-order valence-electron chi connectivity index (χ4n) is 0.869. The molecule has 0 saturated heterocycles. The van der Waals surface area contributed by atoms with Gasteiger partial charge in [-0.1, -0.05) is 12.7 Å². The molecule has 6 heteroatoms. The summed E-state index contributed by atoms with van der Waals surface area (Å²) >= 11 is 0. The molecule has 0 radical (unpaired) electrons. The molecule has 0 heterocycles. The van der Waals surface area contributed by atoms with Crippen LogP contribution in [0.3, 0.4) is 0 Å². The van der Waals surface area contributed by atoms with Crippen LogP contribution in [0.1, 0.15) is 6.92 Å². The Morgan fingerprint density at radius 1 is 1.11 bits per heavy atom. The maximum atomic E-state index is 10.3. The van der Waals surface area contributed by atoms with E-state index in [1.807, 2.05) is 6.92 Å². The second kappa shape index (κ2) is 18.7. The smallest absolute Gasteiger partial charge is 0.213 e. The quantitative estimate of drug-likeness (QED) is 0.320. The van der Waals surface area contributed by atoms with Crippen molar-refractivity contribution in [2.75, 3.05) is 39.5 Å². The van der Waals surface area contributed by atoms with Gasteiger partial charge in [0.25, 0.3) is 0 Å². The number of carbonyl (C=O) groups excluding carboxylic acids is 2. The number of nitrogens with one attached hydrogen (secondary N) is 1. The molecule has 0 saturated carbocycles. The topological polar surface area (TPSA) is 67.9 Å². The molecule has 0 aliphatic rings. The minimum atomic E-state index is 0.445. The summed E-state index contributed by atoms with van der Waals surface area (Å²) in [4.78, 5) is 21.6. The molecule has 0 spiro atoms. The van der Waals surface area contributed by atoms with Crippen LogP contribution in [-0.4, -0.2) is 57.2 Å². The molecule has 110 valence electrons. The zero-order valence-electron chi connectivity index (χ0n) is 11.5. The highest BCUT2D eigenvalue weighted by Gasteiger charge is 1.95. The fourth-order valence-corrected chi connectivity index (χ4v) is 0.869. The molecular formula is C13H24N2O4. The highest BCUT2D eigenvalue weighted by atomic mass is 16.5. The predicted octanol–water partition coefficient (Wildman–Crippen LogP) is 0.560. The molecule has 0 aromatic rings. The predicted molar refractivity (Wildman–Crippen MR) is 74.5 cm³/mol. The molecule has 0 aliphatic carbocycles. The Labute approximate surface area is 115 Å². The molecule has 1 N–H and O–H groups in total. The zero-order chi connectivity index (χ0) is 14.8. The van der Waals surface area contributed by atoms with E-state index in [9.17, 15) is 9.59 Å². The summed E-state index contributed by atoms with van der Waals surface area (Å²) in [7, 11) is 0. The largest absolute Gasteiger partial charge is 0.377 e. The van der Waals surface area contributed by atoms with Crippen molar-refractivity contribution < 1.29 is 19.1 Å². The number of nitrogens with zero attached hydrogens (tertiary/aromatic N) is 1. The Morgan fingerprint density at radius 2 is 1.68 bits per heavy atom. The lowest BCUT2D eigenvalue weighted by atomic mass is 10.6. The van der Waals surface area contributed by atoms with Crippen molar-refractivity contribution in [1.82, 2.24) is 10.2 Å². The van der Waals surface area contributed by atoms with Gasteiger partial charge in [0.15, 0.2) is 0 Å². The van der Waals surface area contributed by atoms with Crippen LogP contribution in [0.5, 0.6) is 0 Å². The fraction of sp³-hybridized carbons (Fsp3) is 0.538. The minimum Gasteiger partial charge on any atom is -0.377 e. The first-order chi connectivity index (χ1) is 9.26. The molecule has 0 fully saturated rings. The van der Waals surface area contributed by atoms with Crippen molar-refractivity contribution in [3.05, 3.63) is 25.4 Å². The molecule has 0 atom stereocenters. The second-order valence-electron chi connectivity index (χ2n) is 3.23. The van der Waals surface area contributed by atoms with E-state index in [1.54, 1.807) is 6.08 Å². The minimum absolute atomic E-state index is 0.445. The lowest BCUT2D eigenvalue weighted by Gasteiger charge is -2.11. The third-order valence-electron chi connectivity index (χ3n) is 1.71. The molecule has 6 nitrogen and oxygen atoms in total. The lowest BCUT2D eigenvalue weighted by molar-refractivity contribution is -0.116. The van der Waals surface area contributed by atoms with Gasteiger partial charge in [0.2, 0.25) is 12.8 Å². The Kier molecular flexibility index (Phi) is 19.4. The molecule has 0 bridgehead atoms. The summed E-state index contributed by atoms with van der Waals surface area (Å²) < 4.78 is 10.4. The maximum absolute atomic E-state index is 10.3. The van der Waals surface area contributed by atoms with Gasteiger partial charge in [0.05, 0.1) is 26.4 Å². The van der Waals surface area contributed by atoms with Crippen LogP contribution in [0.4, 0.5) is 0 Å². The van der Waals surface area contributed by atoms with E-state index in [4.69, 9.17) is 9.47 Å². The normalized spacial score (nSPS) is 8.68. The van der Waals surface area contributed by atoms with Crippen LogP contribution in [-0.2, 0) is 19.1 Å². The molecule has 19 heavy (non-hydrogen) atoms. The summed E-state index contributed by atoms with van der Waals surface area (Å²) in [5.41, 5.74) is 0. The number of hydrogen-bond donors (Lipinski definition) is 1. The Hall–Kier alpha value is -1.66. The van der Waals surface area contributed by atoms with Crippen molar-refractivity contribution in [1.29, 1.82) is 0 Å². The summed E-state index contributed by atoms with van der Waals surface area (Å²) in [6.45, 7) is 11.5. The molecule has 0 aromatic carbocycles. The number of rotatable bonds is 12. The van der Waals surface area contributed by atoms with Gasteiger partial charge in [0, 0.05) is 13.1 Å². The van der Waals surface area contributed by atoms with Gasteiger partial charge in [-0.05, 0) is 13.1 Å². The van der Waals surface area contributed by atoms with E-state index in [2.05, 4.69) is 18.5 Å². The first-order valence-electron chi connectivity index (χ1n) is 5.99. The summed E-state index contributed by atoms with van der Waals surface area (Å²) in [5, 5.41) is 2.48. The second-order valence-corrected chi connectivity index (χ2v) is 3.23. The average molecular weight is 272 g/mol. The number of allylic oxidation sites excluding steroid dienone is 1. The first kappa shape index (κ1) is 19.7. The van der Waals surface area contributed by atoms with E-state index < -0.39 is 0 Å². The van der Waals surface area contributed by atoms with E-state index in [1.165, 1.54) is 11.1 Å². The number of carbonyl (C=O) groups is 2. The number of ether oxygens (including phenoxy) is 2. The van der Waals surface area contributed by atoms with Crippen LogP contribution >= 0.6 is 0 Å². The van der Waals surface area contributed by atoms with E-state index in [0.717, 1.165) is 0 Å². The van der Waals surface area contributed by atoms with Gasteiger partial charge >= 0.3 is 0 Å². The maximum Gasteiger partial charge on any atom is 0.213 e. The number of amides is 2. The summed E-state index contributed by atoms with van der Waals surface area (Å²) in [6, 6.07) is 0.